The van der Waals surface area contributed by atoms with E-state index in [2.05, 4.69) is 25.1 Å². The largest absolute Gasteiger partial charge is 0.375 e. The van der Waals surface area contributed by atoms with Crippen LogP contribution in [0.4, 0.5) is 9.52 Å². The van der Waals surface area contributed by atoms with Gasteiger partial charge in [0.25, 0.3) is 0 Å². The van der Waals surface area contributed by atoms with E-state index >= 15 is 0 Å². The van der Waals surface area contributed by atoms with E-state index in [9.17, 15) is 4.39 Å². The molecular weight excluding hydrogens is 255 g/mol. The van der Waals surface area contributed by atoms with Gasteiger partial charge in [-0.1, -0.05) is 11.3 Å². The highest BCUT2D eigenvalue weighted by atomic mass is 32.1. The molecule has 0 fully saturated rings. The average molecular weight is 262 g/mol. The summed E-state index contributed by atoms with van der Waals surface area (Å²) in [4.78, 5) is 12.5. The monoisotopic (exact) mass is 262 g/mol. The third-order valence-electron chi connectivity index (χ3n) is 2.27. The van der Waals surface area contributed by atoms with Crippen LogP contribution in [0.5, 0.6) is 0 Å². The van der Waals surface area contributed by atoms with Crippen molar-refractivity contribution in [2.45, 2.75) is 0 Å². The Kier molecular flexibility index (Phi) is 2.49. The zero-order valence-electron chi connectivity index (χ0n) is 8.96. The number of aromatic nitrogens is 5. The maximum absolute atomic E-state index is 12.8. The smallest absolute Gasteiger partial charge is 0.231 e. The lowest BCUT2D eigenvalue weighted by Crippen LogP contribution is -1.88. The molecule has 0 bridgehead atoms. The normalized spacial score (nSPS) is 10.7. The number of thiazole rings is 1. The number of nitrogens with two attached hydrogens (primary N) is 1. The summed E-state index contributed by atoms with van der Waals surface area (Å²) < 4.78 is 12.8. The van der Waals surface area contributed by atoms with Crippen LogP contribution in [0.1, 0.15) is 0 Å². The van der Waals surface area contributed by atoms with Crippen molar-refractivity contribution in [1.82, 2.24) is 25.1 Å². The highest BCUT2D eigenvalue weighted by molar-refractivity contribution is 7.19. The highest BCUT2D eigenvalue weighted by Gasteiger charge is 2.15. The molecule has 0 aromatic carbocycles. The lowest BCUT2D eigenvalue weighted by molar-refractivity contribution is 0.577. The maximum Gasteiger partial charge on any atom is 0.231 e. The van der Waals surface area contributed by atoms with Crippen LogP contribution in [0.3, 0.4) is 0 Å². The van der Waals surface area contributed by atoms with Crippen molar-refractivity contribution in [3.05, 3.63) is 30.7 Å². The summed E-state index contributed by atoms with van der Waals surface area (Å²) in [5.74, 6) is -0.624. The van der Waals surface area contributed by atoms with E-state index in [1.54, 1.807) is 12.4 Å². The number of rotatable bonds is 2. The SMILES string of the molecule is Nc1nc(-c2cn[nH]c2)c(-c2cnc(F)cn2)s1. The molecule has 3 heterocycles. The van der Waals surface area contributed by atoms with Gasteiger partial charge in [-0.15, -0.1) is 0 Å². The fourth-order valence-electron chi connectivity index (χ4n) is 1.52. The Balaban J connectivity index is 2.15. The van der Waals surface area contributed by atoms with Gasteiger partial charge in [0.15, 0.2) is 5.13 Å². The number of H-pyrrole nitrogens is 1. The van der Waals surface area contributed by atoms with Crippen molar-refractivity contribution in [3.8, 4) is 21.8 Å². The van der Waals surface area contributed by atoms with Gasteiger partial charge in [0.1, 0.15) is 5.69 Å². The fraction of sp³-hybridized carbons (Fsp3) is 0. The molecule has 3 aromatic heterocycles. The summed E-state index contributed by atoms with van der Waals surface area (Å²) in [5, 5.41) is 6.97. The predicted octanol–water partition coefficient (Wildman–Crippen LogP) is 1.71. The van der Waals surface area contributed by atoms with E-state index in [-0.39, 0.29) is 0 Å². The number of aromatic amines is 1. The molecule has 3 rings (SSSR count). The Morgan fingerprint density at radius 1 is 1.22 bits per heavy atom. The zero-order valence-corrected chi connectivity index (χ0v) is 9.78. The highest BCUT2D eigenvalue weighted by Crippen LogP contribution is 2.36. The number of nitrogens with zero attached hydrogens (tertiary/aromatic N) is 4. The van der Waals surface area contributed by atoms with Crippen LogP contribution in [0.15, 0.2) is 24.8 Å². The van der Waals surface area contributed by atoms with Crippen LogP contribution < -0.4 is 5.73 Å². The zero-order chi connectivity index (χ0) is 12.5. The van der Waals surface area contributed by atoms with Gasteiger partial charge >= 0.3 is 0 Å². The number of nitrogen functional groups attached to an aromatic ring is 1. The molecule has 0 aliphatic heterocycles. The lowest BCUT2D eigenvalue weighted by atomic mass is 10.2. The third kappa shape index (κ3) is 1.82. The van der Waals surface area contributed by atoms with Gasteiger partial charge in [-0.25, -0.2) is 15.0 Å². The molecule has 90 valence electrons. The first-order valence-electron chi connectivity index (χ1n) is 4.97. The standard InChI is InChI=1S/C10H7FN6S/c11-7-4-13-6(3-14-7)9-8(17-10(12)18-9)5-1-15-16-2-5/h1-4H,(H2,12,17)(H,15,16). The number of hydrogen-bond acceptors (Lipinski definition) is 6. The topological polar surface area (TPSA) is 93.4 Å². The molecule has 0 saturated carbocycles. The molecule has 18 heavy (non-hydrogen) atoms. The van der Waals surface area contributed by atoms with Crippen LogP contribution in [0.25, 0.3) is 21.8 Å². The second kappa shape index (κ2) is 4.15. The maximum atomic E-state index is 12.8. The van der Waals surface area contributed by atoms with Gasteiger partial charge < -0.3 is 5.73 Å². The first-order valence-corrected chi connectivity index (χ1v) is 5.79. The fourth-order valence-corrected chi connectivity index (χ4v) is 2.33. The number of nitrogens with one attached hydrogen (secondary N) is 1. The molecule has 0 aliphatic rings. The van der Waals surface area contributed by atoms with Crippen LogP contribution in [-0.2, 0) is 0 Å². The van der Waals surface area contributed by atoms with Crippen molar-refractivity contribution in [2.75, 3.05) is 5.73 Å². The second-order valence-corrected chi connectivity index (χ2v) is 4.47. The first kappa shape index (κ1) is 10.8. The Hall–Kier alpha value is -2.35. The number of hydrogen-bond donors (Lipinski definition) is 2. The summed E-state index contributed by atoms with van der Waals surface area (Å²) >= 11 is 1.27. The predicted molar refractivity (Wildman–Crippen MR) is 65.1 cm³/mol. The van der Waals surface area contributed by atoms with E-state index < -0.39 is 5.95 Å². The Bertz CT molecular complexity index is 660. The molecule has 0 radical (unpaired) electrons. The van der Waals surface area contributed by atoms with Crippen LogP contribution >= 0.6 is 11.3 Å². The van der Waals surface area contributed by atoms with Gasteiger partial charge in [0.05, 0.1) is 29.2 Å². The van der Waals surface area contributed by atoms with Crippen LogP contribution in [0.2, 0.25) is 0 Å². The Morgan fingerprint density at radius 2 is 2.11 bits per heavy atom. The van der Waals surface area contributed by atoms with Crippen LogP contribution in [0, 0.1) is 5.95 Å². The Morgan fingerprint density at radius 3 is 2.78 bits per heavy atom. The van der Waals surface area contributed by atoms with Crippen LogP contribution in [-0.4, -0.2) is 25.1 Å². The molecule has 3 N–H and O–H groups in total. The molecular formula is C10H7FN6S. The summed E-state index contributed by atoms with van der Waals surface area (Å²) in [6.45, 7) is 0. The van der Waals surface area contributed by atoms with Gasteiger partial charge in [0, 0.05) is 11.8 Å². The van der Waals surface area contributed by atoms with Crippen molar-refractivity contribution in [3.63, 3.8) is 0 Å². The summed E-state index contributed by atoms with van der Waals surface area (Å²) in [7, 11) is 0. The molecule has 3 aromatic rings. The van der Waals surface area contributed by atoms with Gasteiger partial charge in [-0.2, -0.15) is 9.49 Å². The van der Waals surface area contributed by atoms with Crippen molar-refractivity contribution < 1.29 is 4.39 Å². The molecule has 0 amide bonds. The van der Waals surface area contributed by atoms with E-state index in [0.29, 0.717) is 16.5 Å². The summed E-state index contributed by atoms with van der Waals surface area (Å²) in [6.07, 6.45) is 5.75. The molecule has 0 spiro atoms. The van der Waals surface area contributed by atoms with E-state index in [4.69, 9.17) is 5.73 Å². The van der Waals surface area contributed by atoms with E-state index in [1.807, 2.05) is 0 Å². The minimum Gasteiger partial charge on any atom is -0.375 e. The first-order chi connectivity index (χ1) is 8.74. The number of anilines is 1. The number of halogens is 1. The van der Waals surface area contributed by atoms with Gasteiger partial charge in [-0.05, 0) is 0 Å². The van der Waals surface area contributed by atoms with Gasteiger partial charge in [-0.3, -0.25) is 5.10 Å². The average Bonchev–Trinajstić information content (AvgIpc) is 2.98. The minimum atomic E-state index is -0.624. The third-order valence-corrected chi connectivity index (χ3v) is 3.18. The lowest BCUT2D eigenvalue weighted by Gasteiger charge is -1.98. The minimum absolute atomic E-state index is 0.410. The molecule has 0 atom stereocenters. The summed E-state index contributed by atoms with van der Waals surface area (Å²) in [6, 6.07) is 0. The van der Waals surface area contributed by atoms with E-state index in [0.717, 1.165) is 16.6 Å². The van der Waals surface area contributed by atoms with Crippen molar-refractivity contribution in [2.24, 2.45) is 0 Å². The second-order valence-electron chi connectivity index (χ2n) is 3.44. The molecule has 8 heteroatoms. The Labute approximate surface area is 105 Å². The van der Waals surface area contributed by atoms with E-state index in [1.165, 1.54) is 17.5 Å². The molecule has 0 aliphatic carbocycles. The van der Waals surface area contributed by atoms with Crippen molar-refractivity contribution in [1.29, 1.82) is 0 Å². The van der Waals surface area contributed by atoms with Crippen molar-refractivity contribution >= 4 is 16.5 Å². The quantitative estimate of drug-likeness (QED) is 0.733. The molecule has 0 saturated heterocycles. The molecule has 6 nitrogen and oxygen atoms in total. The summed E-state index contributed by atoms with van der Waals surface area (Å²) in [5.41, 5.74) is 7.69. The molecule has 0 unspecified atom stereocenters. The van der Waals surface area contributed by atoms with Gasteiger partial charge in [0.2, 0.25) is 5.95 Å².